The molecule has 0 amide bonds. The van der Waals surface area contributed by atoms with Crippen molar-refractivity contribution in [3.8, 4) is 0 Å². The summed E-state index contributed by atoms with van der Waals surface area (Å²) in [6.07, 6.45) is 0.265. The van der Waals surface area contributed by atoms with Gasteiger partial charge >= 0.3 is 0 Å². The molecule has 2 rings (SSSR count). The molecule has 2 atom stereocenters. The first-order valence-corrected chi connectivity index (χ1v) is 6.04. The summed E-state index contributed by atoms with van der Waals surface area (Å²) in [7, 11) is 1.68. The Morgan fingerprint density at radius 3 is 2.76 bits per heavy atom. The van der Waals surface area contributed by atoms with Gasteiger partial charge in [0.25, 0.3) is 0 Å². The summed E-state index contributed by atoms with van der Waals surface area (Å²) in [5.41, 5.74) is 3.15. The minimum absolute atomic E-state index is 0.0823. The quantitative estimate of drug-likeness (QED) is 0.825. The highest BCUT2D eigenvalue weighted by molar-refractivity contribution is 5.60. The predicted octanol–water partition coefficient (Wildman–Crippen LogP) is 2.12. The first-order chi connectivity index (χ1) is 7.95. The van der Waals surface area contributed by atoms with Crippen molar-refractivity contribution in [2.75, 3.05) is 12.4 Å². The standard InChI is InChI=1S/C14H21NO2/c1-9-6-5-7-10-8-11(16)13(15-12(9)10)14(2,3)17-4/h5-7,11,13,15-16H,8H2,1-4H3. The molecule has 1 heterocycles. The molecule has 0 fully saturated rings. The Bertz CT molecular complexity index is 415. The molecule has 2 unspecified atom stereocenters. The Morgan fingerprint density at radius 1 is 1.41 bits per heavy atom. The van der Waals surface area contributed by atoms with Crippen molar-refractivity contribution in [3.63, 3.8) is 0 Å². The summed E-state index contributed by atoms with van der Waals surface area (Å²) in [4.78, 5) is 0. The zero-order valence-electron chi connectivity index (χ0n) is 10.9. The van der Waals surface area contributed by atoms with Gasteiger partial charge in [0.1, 0.15) is 0 Å². The Kier molecular flexibility index (Phi) is 3.15. The van der Waals surface area contributed by atoms with Gasteiger partial charge in [0.2, 0.25) is 0 Å². The molecule has 94 valence electrons. The van der Waals surface area contributed by atoms with Crippen LogP contribution in [0.5, 0.6) is 0 Å². The number of benzene rings is 1. The summed E-state index contributed by atoms with van der Waals surface area (Å²) in [6.45, 7) is 6.08. The van der Waals surface area contributed by atoms with Crippen molar-refractivity contribution in [3.05, 3.63) is 29.3 Å². The fraction of sp³-hybridized carbons (Fsp3) is 0.571. The van der Waals surface area contributed by atoms with Crippen molar-refractivity contribution < 1.29 is 9.84 Å². The molecule has 0 aromatic heterocycles. The summed E-state index contributed by atoms with van der Waals surface area (Å²) >= 11 is 0. The molecular weight excluding hydrogens is 214 g/mol. The highest BCUT2D eigenvalue weighted by atomic mass is 16.5. The molecule has 1 aliphatic heterocycles. The second-order valence-electron chi connectivity index (χ2n) is 5.31. The van der Waals surface area contributed by atoms with Gasteiger partial charge < -0.3 is 15.2 Å². The van der Waals surface area contributed by atoms with E-state index in [-0.39, 0.29) is 11.6 Å². The van der Waals surface area contributed by atoms with Gasteiger partial charge in [-0.2, -0.15) is 0 Å². The Hall–Kier alpha value is -1.06. The maximum Gasteiger partial charge on any atom is 0.0848 e. The number of para-hydroxylation sites is 1. The van der Waals surface area contributed by atoms with Gasteiger partial charge in [-0.25, -0.2) is 0 Å². The first kappa shape index (κ1) is 12.4. The lowest BCUT2D eigenvalue weighted by atomic mass is 9.85. The van der Waals surface area contributed by atoms with Crippen LogP contribution in [0.1, 0.15) is 25.0 Å². The second kappa shape index (κ2) is 4.31. The number of nitrogens with one attached hydrogen (secondary N) is 1. The van der Waals surface area contributed by atoms with Crippen molar-refractivity contribution in [1.82, 2.24) is 0 Å². The molecule has 1 aromatic carbocycles. The van der Waals surface area contributed by atoms with Gasteiger partial charge in [0, 0.05) is 19.2 Å². The predicted molar refractivity (Wildman–Crippen MR) is 69.4 cm³/mol. The number of aryl methyl sites for hydroxylation is 1. The number of ether oxygens (including phenoxy) is 1. The van der Waals surface area contributed by atoms with Gasteiger partial charge in [0.05, 0.1) is 17.7 Å². The number of anilines is 1. The topological polar surface area (TPSA) is 41.5 Å². The van der Waals surface area contributed by atoms with Crippen molar-refractivity contribution in [2.24, 2.45) is 0 Å². The second-order valence-corrected chi connectivity index (χ2v) is 5.31. The van der Waals surface area contributed by atoms with Crippen molar-refractivity contribution >= 4 is 5.69 Å². The molecule has 2 N–H and O–H groups in total. The number of aliphatic hydroxyl groups excluding tert-OH is 1. The van der Waals surface area contributed by atoms with E-state index in [9.17, 15) is 5.11 Å². The van der Waals surface area contributed by atoms with E-state index >= 15 is 0 Å². The summed E-state index contributed by atoms with van der Waals surface area (Å²) < 4.78 is 5.48. The fourth-order valence-electron chi connectivity index (χ4n) is 2.46. The van der Waals surface area contributed by atoms with Crippen LogP contribution >= 0.6 is 0 Å². The zero-order chi connectivity index (χ0) is 12.6. The van der Waals surface area contributed by atoms with Crippen LogP contribution in [0.4, 0.5) is 5.69 Å². The normalized spacial score (nSPS) is 24.1. The number of hydrogen-bond acceptors (Lipinski definition) is 3. The smallest absolute Gasteiger partial charge is 0.0848 e. The monoisotopic (exact) mass is 235 g/mol. The molecule has 3 heteroatoms. The number of hydrogen-bond donors (Lipinski definition) is 2. The number of aliphatic hydroxyl groups is 1. The molecule has 17 heavy (non-hydrogen) atoms. The third kappa shape index (κ3) is 2.17. The van der Waals surface area contributed by atoms with Crippen molar-refractivity contribution in [1.29, 1.82) is 0 Å². The molecule has 0 saturated heterocycles. The molecule has 0 spiro atoms. The van der Waals surface area contributed by atoms with Crippen LogP contribution in [0.2, 0.25) is 0 Å². The minimum atomic E-state index is -0.417. The Balaban J connectivity index is 2.35. The van der Waals surface area contributed by atoms with Crippen LogP contribution in [0.25, 0.3) is 0 Å². The maximum absolute atomic E-state index is 10.2. The summed E-state index contributed by atoms with van der Waals surface area (Å²) in [5, 5.41) is 13.7. The van der Waals surface area contributed by atoms with Crippen LogP contribution in [-0.4, -0.2) is 30.0 Å². The van der Waals surface area contributed by atoms with Crippen LogP contribution < -0.4 is 5.32 Å². The number of rotatable bonds is 2. The fourth-order valence-corrected chi connectivity index (χ4v) is 2.46. The molecule has 1 aromatic rings. The van der Waals surface area contributed by atoms with E-state index in [0.29, 0.717) is 6.42 Å². The molecule has 3 nitrogen and oxygen atoms in total. The molecule has 1 aliphatic rings. The number of methoxy groups -OCH3 is 1. The first-order valence-electron chi connectivity index (χ1n) is 6.04. The van der Waals surface area contributed by atoms with E-state index in [2.05, 4.69) is 24.4 Å². The van der Waals surface area contributed by atoms with Gasteiger partial charge in [-0.15, -0.1) is 0 Å². The van der Waals surface area contributed by atoms with E-state index in [0.717, 1.165) is 5.69 Å². The van der Waals surface area contributed by atoms with Gasteiger partial charge in [-0.3, -0.25) is 0 Å². The lowest BCUT2D eigenvalue weighted by molar-refractivity contribution is -0.0328. The lowest BCUT2D eigenvalue weighted by Crippen LogP contribution is -2.53. The van der Waals surface area contributed by atoms with Crippen LogP contribution in [0.15, 0.2) is 18.2 Å². The molecule has 0 bridgehead atoms. The summed E-state index contributed by atoms with van der Waals surface area (Å²) in [6, 6.07) is 6.10. The van der Waals surface area contributed by atoms with Crippen LogP contribution in [0.3, 0.4) is 0 Å². The SMILES string of the molecule is COC(C)(C)C1Nc2c(C)cccc2CC1O. The Labute approximate surface area is 103 Å². The highest BCUT2D eigenvalue weighted by Gasteiger charge is 2.38. The van der Waals surface area contributed by atoms with E-state index in [1.54, 1.807) is 7.11 Å². The van der Waals surface area contributed by atoms with Gasteiger partial charge in [-0.1, -0.05) is 18.2 Å². The van der Waals surface area contributed by atoms with Crippen molar-refractivity contribution in [2.45, 2.75) is 44.9 Å². The number of fused-ring (bicyclic) bond motifs is 1. The maximum atomic E-state index is 10.2. The third-order valence-electron chi connectivity index (χ3n) is 3.75. The highest BCUT2D eigenvalue weighted by Crippen LogP contribution is 2.32. The zero-order valence-corrected chi connectivity index (χ0v) is 10.9. The lowest BCUT2D eigenvalue weighted by Gasteiger charge is -2.41. The van der Waals surface area contributed by atoms with Gasteiger partial charge in [0.15, 0.2) is 0 Å². The summed E-state index contributed by atoms with van der Waals surface area (Å²) in [5.74, 6) is 0. The molecule has 0 saturated carbocycles. The molecule has 0 radical (unpaired) electrons. The van der Waals surface area contributed by atoms with Crippen LogP contribution in [0, 0.1) is 6.92 Å². The van der Waals surface area contributed by atoms with E-state index in [1.807, 2.05) is 19.9 Å². The van der Waals surface area contributed by atoms with Crippen LogP contribution in [-0.2, 0) is 11.2 Å². The minimum Gasteiger partial charge on any atom is -0.391 e. The average molecular weight is 235 g/mol. The van der Waals surface area contributed by atoms with E-state index in [1.165, 1.54) is 11.1 Å². The average Bonchev–Trinajstić information content (AvgIpc) is 2.28. The van der Waals surface area contributed by atoms with E-state index in [4.69, 9.17) is 4.74 Å². The Morgan fingerprint density at radius 2 is 2.12 bits per heavy atom. The third-order valence-corrected chi connectivity index (χ3v) is 3.75. The van der Waals surface area contributed by atoms with Gasteiger partial charge in [-0.05, 0) is 31.9 Å². The molecule has 0 aliphatic carbocycles. The molecular formula is C14H21NO2. The van der Waals surface area contributed by atoms with E-state index < -0.39 is 6.10 Å². The largest absolute Gasteiger partial charge is 0.391 e.